The molecule has 1 saturated heterocycles. The van der Waals surface area contributed by atoms with Crippen molar-refractivity contribution in [2.45, 2.75) is 38.3 Å². The molecule has 152 valence electrons. The van der Waals surface area contributed by atoms with Gasteiger partial charge in [-0.2, -0.15) is 18.3 Å². The molecule has 3 aromatic heterocycles. The third-order valence-corrected chi connectivity index (χ3v) is 5.05. The van der Waals surface area contributed by atoms with Gasteiger partial charge < -0.3 is 4.90 Å². The minimum absolute atomic E-state index is 0.146. The van der Waals surface area contributed by atoms with Gasteiger partial charge in [0.1, 0.15) is 12.0 Å². The standard InChI is InChI=1S/C19H19F3N6O/c1-11(2)14-5-16(19(20,21)22)28-17(25-14)6-15(26-28)12-3-4-27(9-12)18(29)13-7-23-10-24-8-13/h5-8,10-12H,3-4,9H2,1-2H3. The predicted octanol–water partition coefficient (Wildman–Crippen LogP) is 3.29. The number of amides is 1. The van der Waals surface area contributed by atoms with Crippen LogP contribution in [0.4, 0.5) is 13.2 Å². The van der Waals surface area contributed by atoms with Crippen molar-refractivity contribution in [3.63, 3.8) is 0 Å². The lowest BCUT2D eigenvalue weighted by atomic mass is 10.1. The van der Waals surface area contributed by atoms with E-state index in [0.717, 1.165) is 10.6 Å². The van der Waals surface area contributed by atoms with E-state index in [1.54, 1.807) is 24.8 Å². The number of aromatic nitrogens is 5. The van der Waals surface area contributed by atoms with Crippen LogP contribution in [0, 0.1) is 0 Å². The van der Waals surface area contributed by atoms with Crippen molar-refractivity contribution in [2.24, 2.45) is 0 Å². The van der Waals surface area contributed by atoms with Gasteiger partial charge in [-0.3, -0.25) is 4.79 Å². The molecule has 1 aliphatic rings. The van der Waals surface area contributed by atoms with E-state index in [1.807, 2.05) is 0 Å². The van der Waals surface area contributed by atoms with Crippen molar-refractivity contribution in [3.8, 4) is 0 Å². The molecule has 0 aliphatic carbocycles. The summed E-state index contributed by atoms with van der Waals surface area (Å²) in [5.41, 5.74) is 0.572. The topological polar surface area (TPSA) is 76.3 Å². The van der Waals surface area contributed by atoms with Crippen molar-refractivity contribution in [3.05, 3.63) is 53.5 Å². The SMILES string of the molecule is CC(C)c1cc(C(F)(F)F)n2nc(C3CCN(C(=O)c4cncnc4)C3)cc2n1. The highest BCUT2D eigenvalue weighted by molar-refractivity contribution is 5.93. The summed E-state index contributed by atoms with van der Waals surface area (Å²) in [6.07, 6.45) is 0.304. The fraction of sp³-hybridized carbons (Fsp3) is 0.421. The zero-order valence-corrected chi connectivity index (χ0v) is 15.9. The Hall–Kier alpha value is -3.04. The molecule has 1 fully saturated rings. The summed E-state index contributed by atoms with van der Waals surface area (Å²) in [6, 6.07) is 2.64. The molecule has 1 aliphatic heterocycles. The van der Waals surface area contributed by atoms with Crippen LogP contribution in [0.25, 0.3) is 5.65 Å². The van der Waals surface area contributed by atoms with E-state index < -0.39 is 11.9 Å². The van der Waals surface area contributed by atoms with Gasteiger partial charge in [-0.1, -0.05) is 13.8 Å². The number of nitrogens with zero attached hydrogens (tertiary/aromatic N) is 6. The molecule has 29 heavy (non-hydrogen) atoms. The summed E-state index contributed by atoms with van der Waals surface area (Å²) in [7, 11) is 0. The molecule has 10 heteroatoms. The summed E-state index contributed by atoms with van der Waals surface area (Å²) in [5.74, 6) is -0.505. The lowest BCUT2D eigenvalue weighted by Crippen LogP contribution is -2.28. The lowest BCUT2D eigenvalue weighted by Gasteiger charge is -2.15. The molecule has 0 radical (unpaired) electrons. The Kier molecular flexibility index (Phi) is 4.71. The first-order chi connectivity index (χ1) is 13.7. The van der Waals surface area contributed by atoms with Crippen molar-refractivity contribution in [1.82, 2.24) is 29.5 Å². The van der Waals surface area contributed by atoms with Crippen LogP contribution < -0.4 is 0 Å². The van der Waals surface area contributed by atoms with Crippen LogP contribution in [-0.4, -0.2) is 48.5 Å². The summed E-state index contributed by atoms with van der Waals surface area (Å²) in [4.78, 5) is 26.2. The molecular formula is C19H19F3N6O. The largest absolute Gasteiger partial charge is 0.433 e. The fourth-order valence-electron chi connectivity index (χ4n) is 3.49. The Bertz CT molecular complexity index is 1050. The molecule has 0 aromatic carbocycles. The fourth-order valence-corrected chi connectivity index (χ4v) is 3.49. The van der Waals surface area contributed by atoms with Gasteiger partial charge in [-0.15, -0.1) is 0 Å². The van der Waals surface area contributed by atoms with Crippen molar-refractivity contribution < 1.29 is 18.0 Å². The van der Waals surface area contributed by atoms with Gasteiger partial charge >= 0.3 is 6.18 Å². The molecule has 1 amide bonds. The van der Waals surface area contributed by atoms with Gasteiger partial charge in [0.15, 0.2) is 5.65 Å². The maximum atomic E-state index is 13.5. The summed E-state index contributed by atoms with van der Waals surface area (Å²) in [6.45, 7) is 4.45. The normalized spacial score (nSPS) is 17.4. The maximum absolute atomic E-state index is 13.5. The number of fused-ring (bicyclic) bond motifs is 1. The number of hydrogen-bond donors (Lipinski definition) is 0. The number of likely N-dealkylation sites (tertiary alicyclic amines) is 1. The number of carbonyl (C=O) groups excluding carboxylic acids is 1. The van der Waals surface area contributed by atoms with Gasteiger partial charge in [-0.25, -0.2) is 19.5 Å². The molecule has 1 unspecified atom stereocenters. The zero-order valence-electron chi connectivity index (χ0n) is 15.9. The molecule has 3 aromatic rings. The van der Waals surface area contributed by atoms with Crippen LogP contribution in [0.3, 0.4) is 0 Å². The molecule has 0 spiro atoms. The van der Waals surface area contributed by atoms with Crippen LogP contribution in [0.2, 0.25) is 0 Å². The third-order valence-electron chi connectivity index (χ3n) is 5.05. The average molecular weight is 404 g/mol. The Balaban J connectivity index is 1.64. The molecule has 4 rings (SSSR count). The van der Waals surface area contributed by atoms with Gasteiger partial charge in [0.05, 0.1) is 11.3 Å². The van der Waals surface area contributed by atoms with E-state index in [4.69, 9.17) is 0 Å². The van der Waals surface area contributed by atoms with Crippen LogP contribution in [0.1, 0.15) is 59.5 Å². The second kappa shape index (κ2) is 7.09. The predicted molar refractivity (Wildman–Crippen MR) is 97.4 cm³/mol. The monoisotopic (exact) mass is 404 g/mol. The molecular weight excluding hydrogens is 385 g/mol. The highest BCUT2D eigenvalue weighted by Gasteiger charge is 2.36. The lowest BCUT2D eigenvalue weighted by molar-refractivity contribution is -0.142. The van der Waals surface area contributed by atoms with Crippen LogP contribution in [-0.2, 0) is 6.18 Å². The average Bonchev–Trinajstić information content (AvgIpc) is 3.33. The number of halogens is 3. The molecule has 0 saturated carbocycles. The smallest absolute Gasteiger partial charge is 0.338 e. The van der Waals surface area contributed by atoms with Crippen LogP contribution in [0.15, 0.2) is 30.9 Å². The molecule has 0 bridgehead atoms. The quantitative estimate of drug-likeness (QED) is 0.670. The minimum Gasteiger partial charge on any atom is -0.338 e. The number of hydrogen-bond acceptors (Lipinski definition) is 5. The maximum Gasteiger partial charge on any atom is 0.433 e. The van der Waals surface area contributed by atoms with E-state index in [0.29, 0.717) is 36.5 Å². The molecule has 7 nitrogen and oxygen atoms in total. The highest BCUT2D eigenvalue weighted by atomic mass is 19.4. The Morgan fingerprint density at radius 2 is 1.93 bits per heavy atom. The van der Waals surface area contributed by atoms with E-state index in [1.165, 1.54) is 18.7 Å². The number of carbonyl (C=O) groups is 1. The Labute approximate surface area is 164 Å². The van der Waals surface area contributed by atoms with Gasteiger partial charge in [0.2, 0.25) is 0 Å². The minimum atomic E-state index is -4.54. The Morgan fingerprint density at radius 1 is 1.21 bits per heavy atom. The zero-order chi connectivity index (χ0) is 20.8. The molecule has 1 atom stereocenters. The van der Waals surface area contributed by atoms with Gasteiger partial charge in [-0.05, 0) is 18.4 Å². The van der Waals surface area contributed by atoms with Crippen molar-refractivity contribution in [1.29, 1.82) is 0 Å². The highest BCUT2D eigenvalue weighted by Crippen LogP contribution is 2.33. The van der Waals surface area contributed by atoms with Crippen molar-refractivity contribution >= 4 is 11.6 Å². The second-order valence-electron chi connectivity index (χ2n) is 7.42. The number of alkyl halides is 3. The molecule has 0 N–H and O–H groups in total. The first-order valence-electron chi connectivity index (χ1n) is 9.26. The van der Waals surface area contributed by atoms with E-state index in [-0.39, 0.29) is 23.4 Å². The van der Waals surface area contributed by atoms with E-state index in [2.05, 4.69) is 20.1 Å². The summed E-state index contributed by atoms with van der Waals surface area (Å²) in [5, 5.41) is 4.20. The summed E-state index contributed by atoms with van der Waals surface area (Å²) >= 11 is 0. The van der Waals surface area contributed by atoms with Crippen molar-refractivity contribution in [2.75, 3.05) is 13.1 Å². The first-order valence-corrected chi connectivity index (χ1v) is 9.26. The first kappa shape index (κ1) is 19.3. The molecule has 4 heterocycles. The van der Waals surface area contributed by atoms with E-state index in [9.17, 15) is 18.0 Å². The van der Waals surface area contributed by atoms with Gasteiger partial charge in [0, 0.05) is 43.2 Å². The van der Waals surface area contributed by atoms with Gasteiger partial charge in [0.25, 0.3) is 5.91 Å². The number of rotatable bonds is 3. The van der Waals surface area contributed by atoms with Crippen LogP contribution >= 0.6 is 0 Å². The van der Waals surface area contributed by atoms with E-state index >= 15 is 0 Å². The van der Waals surface area contributed by atoms with Crippen LogP contribution in [0.5, 0.6) is 0 Å². The second-order valence-corrected chi connectivity index (χ2v) is 7.42. The third kappa shape index (κ3) is 3.66. The Morgan fingerprint density at radius 3 is 2.59 bits per heavy atom. The summed E-state index contributed by atoms with van der Waals surface area (Å²) < 4.78 is 41.5.